The molecule has 33 heavy (non-hydrogen) atoms. The molecule has 0 saturated carbocycles. The van der Waals surface area contributed by atoms with Gasteiger partial charge in [0.1, 0.15) is 0 Å². The Kier molecular flexibility index (Phi) is 11.7. The highest BCUT2D eigenvalue weighted by molar-refractivity contribution is 9.10. The van der Waals surface area contributed by atoms with Crippen molar-refractivity contribution in [1.29, 1.82) is 0 Å². The lowest BCUT2D eigenvalue weighted by molar-refractivity contribution is -0.141. The van der Waals surface area contributed by atoms with Crippen LogP contribution in [0.1, 0.15) is 51.3 Å². The van der Waals surface area contributed by atoms with Crippen molar-refractivity contribution < 1.29 is 14.3 Å². The van der Waals surface area contributed by atoms with Gasteiger partial charge in [0.25, 0.3) is 0 Å². The molecule has 0 aliphatic carbocycles. The molecule has 0 bridgehead atoms. The van der Waals surface area contributed by atoms with Crippen LogP contribution in [-0.4, -0.2) is 59.5 Å². The highest BCUT2D eigenvalue weighted by atomic mass is 79.9. The number of hydrogen-bond donors (Lipinski definition) is 0. The van der Waals surface area contributed by atoms with E-state index in [2.05, 4.69) is 51.8 Å². The Hall–Kier alpha value is -2.12. The highest BCUT2D eigenvalue weighted by Crippen LogP contribution is 2.15. The van der Waals surface area contributed by atoms with Crippen molar-refractivity contribution in [2.75, 3.05) is 33.4 Å². The van der Waals surface area contributed by atoms with Crippen molar-refractivity contribution in [2.45, 2.75) is 53.1 Å². The summed E-state index contributed by atoms with van der Waals surface area (Å²) in [5, 5.41) is 0. The van der Waals surface area contributed by atoms with Gasteiger partial charge in [-0.3, -0.25) is 9.59 Å². The van der Waals surface area contributed by atoms with Crippen LogP contribution in [0.5, 0.6) is 0 Å². The third-order valence-corrected chi connectivity index (χ3v) is 6.03. The molecule has 0 saturated heterocycles. The van der Waals surface area contributed by atoms with Crippen molar-refractivity contribution in [2.24, 2.45) is 5.92 Å². The minimum atomic E-state index is -0.0203. The minimum absolute atomic E-state index is 0.00413. The van der Waals surface area contributed by atoms with Crippen LogP contribution in [0.15, 0.2) is 47.1 Å². The van der Waals surface area contributed by atoms with Crippen LogP contribution in [0.4, 0.5) is 0 Å². The Bertz CT molecular complexity index is 864. The zero-order valence-corrected chi connectivity index (χ0v) is 22.0. The first kappa shape index (κ1) is 27.1. The highest BCUT2D eigenvalue weighted by Gasteiger charge is 2.22. The summed E-state index contributed by atoms with van der Waals surface area (Å²) in [6.45, 7) is 9.04. The minimum Gasteiger partial charge on any atom is -0.383 e. The van der Waals surface area contributed by atoms with E-state index in [0.29, 0.717) is 32.7 Å². The first-order chi connectivity index (χ1) is 15.8. The van der Waals surface area contributed by atoms with Gasteiger partial charge in [-0.05, 0) is 42.2 Å². The fourth-order valence-electron chi connectivity index (χ4n) is 3.61. The second-order valence-electron chi connectivity index (χ2n) is 8.83. The Morgan fingerprint density at radius 2 is 1.79 bits per heavy atom. The van der Waals surface area contributed by atoms with Crippen LogP contribution in [0, 0.1) is 5.92 Å². The van der Waals surface area contributed by atoms with Gasteiger partial charge in [-0.15, -0.1) is 0 Å². The molecule has 1 heterocycles. The van der Waals surface area contributed by atoms with Crippen LogP contribution in [0.2, 0.25) is 0 Å². The predicted octanol–water partition coefficient (Wildman–Crippen LogP) is 4.95. The summed E-state index contributed by atoms with van der Waals surface area (Å²) in [5.74, 6) is 0.230. The van der Waals surface area contributed by atoms with E-state index >= 15 is 0 Å². The van der Waals surface area contributed by atoms with Crippen molar-refractivity contribution >= 4 is 27.7 Å². The van der Waals surface area contributed by atoms with E-state index in [0.717, 1.165) is 29.6 Å². The number of ether oxygens (including phenoxy) is 1. The summed E-state index contributed by atoms with van der Waals surface area (Å²) in [4.78, 5) is 29.6. The fraction of sp³-hybridized carbons (Fsp3) is 0.538. The average Bonchev–Trinajstić information content (AvgIpc) is 3.21. The maximum Gasteiger partial charge on any atom is 0.242 e. The lowest BCUT2D eigenvalue weighted by Crippen LogP contribution is -2.44. The molecule has 0 N–H and O–H groups in total. The standard InChI is InChI=1S/C26H38BrN3O3/c1-5-6-13-29(26(32)20-30(15-16-33-4)25(31)17-21(2)3)19-24-8-7-14-28(24)18-22-9-11-23(27)12-10-22/h7-12,14,21H,5-6,13,15-20H2,1-4H3. The van der Waals surface area contributed by atoms with E-state index < -0.39 is 0 Å². The van der Waals surface area contributed by atoms with Gasteiger partial charge in [0.05, 0.1) is 19.7 Å². The molecule has 0 atom stereocenters. The summed E-state index contributed by atoms with van der Waals surface area (Å²) in [6.07, 6.45) is 4.42. The first-order valence-electron chi connectivity index (χ1n) is 11.8. The Morgan fingerprint density at radius 1 is 1.06 bits per heavy atom. The van der Waals surface area contributed by atoms with E-state index in [9.17, 15) is 9.59 Å². The number of aromatic nitrogens is 1. The van der Waals surface area contributed by atoms with Gasteiger partial charge in [-0.1, -0.05) is 55.3 Å². The normalized spacial score (nSPS) is 11.1. The number of carbonyl (C=O) groups is 2. The van der Waals surface area contributed by atoms with Gasteiger partial charge in [-0.25, -0.2) is 0 Å². The van der Waals surface area contributed by atoms with Crippen LogP contribution < -0.4 is 0 Å². The van der Waals surface area contributed by atoms with Gasteiger partial charge in [0.2, 0.25) is 11.8 Å². The van der Waals surface area contributed by atoms with Gasteiger partial charge in [0, 0.05) is 49.5 Å². The van der Waals surface area contributed by atoms with Crippen LogP contribution in [0.3, 0.4) is 0 Å². The molecule has 2 amide bonds. The molecular formula is C26H38BrN3O3. The van der Waals surface area contributed by atoms with Crippen LogP contribution >= 0.6 is 15.9 Å². The molecule has 182 valence electrons. The summed E-state index contributed by atoms with van der Waals surface area (Å²) in [5.41, 5.74) is 2.28. The zero-order chi connectivity index (χ0) is 24.2. The van der Waals surface area contributed by atoms with E-state index in [4.69, 9.17) is 4.74 Å². The molecule has 0 radical (unpaired) electrons. The third kappa shape index (κ3) is 9.33. The number of rotatable bonds is 14. The second-order valence-corrected chi connectivity index (χ2v) is 9.74. The largest absolute Gasteiger partial charge is 0.383 e. The van der Waals surface area contributed by atoms with E-state index in [1.165, 1.54) is 5.56 Å². The van der Waals surface area contributed by atoms with Crippen LogP contribution in [-0.2, 0) is 27.4 Å². The smallest absolute Gasteiger partial charge is 0.242 e. The van der Waals surface area contributed by atoms with Crippen molar-refractivity contribution in [3.63, 3.8) is 0 Å². The maximum atomic E-state index is 13.3. The van der Waals surface area contributed by atoms with Crippen molar-refractivity contribution in [1.82, 2.24) is 14.4 Å². The molecule has 2 aromatic rings. The molecule has 0 aliphatic rings. The molecule has 0 spiro atoms. The quantitative estimate of drug-likeness (QED) is 0.354. The lowest BCUT2D eigenvalue weighted by atomic mass is 10.1. The topological polar surface area (TPSA) is 54.8 Å². The number of halogens is 1. The Labute approximate surface area is 207 Å². The number of hydrogen-bond acceptors (Lipinski definition) is 3. The molecule has 2 rings (SSSR count). The van der Waals surface area contributed by atoms with Gasteiger partial charge >= 0.3 is 0 Å². The number of nitrogens with zero attached hydrogens (tertiary/aromatic N) is 3. The first-order valence-corrected chi connectivity index (χ1v) is 12.6. The summed E-state index contributed by atoms with van der Waals surface area (Å²) in [7, 11) is 1.61. The fourth-order valence-corrected chi connectivity index (χ4v) is 3.87. The van der Waals surface area contributed by atoms with Gasteiger partial charge < -0.3 is 19.1 Å². The van der Waals surface area contributed by atoms with E-state index in [1.807, 2.05) is 36.9 Å². The molecule has 0 fully saturated rings. The molecule has 0 aliphatic heterocycles. The predicted molar refractivity (Wildman–Crippen MR) is 136 cm³/mol. The average molecular weight is 521 g/mol. The molecule has 7 heteroatoms. The second kappa shape index (κ2) is 14.2. The van der Waals surface area contributed by atoms with Gasteiger partial charge in [-0.2, -0.15) is 0 Å². The summed E-state index contributed by atoms with van der Waals surface area (Å²) >= 11 is 3.48. The number of amides is 2. The number of benzene rings is 1. The van der Waals surface area contributed by atoms with Gasteiger partial charge in [0.15, 0.2) is 0 Å². The van der Waals surface area contributed by atoms with Crippen LogP contribution in [0.25, 0.3) is 0 Å². The van der Waals surface area contributed by atoms with E-state index in [1.54, 1.807) is 12.0 Å². The molecule has 0 unspecified atom stereocenters. The lowest BCUT2D eigenvalue weighted by Gasteiger charge is -2.28. The van der Waals surface area contributed by atoms with E-state index in [-0.39, 0.29) is 24.3 Å². The molecule has 6 nitrogen and oxygen atoms in total. The third-order valence-electron chi connectivity index (χ3n) is 5.50. The number of unbranched alkanes of at least 4 members (excludes halogenated alkanes) is 1. The SMILES string of the molecule is CCCCN(Cc1cccn1Cc1ccc(Br)cc1)C(=O)CN(CCOC)C(=O)CC(C)C. The maximum absolute atomic E-state index is 13.3. The molecular weight excluding hydrogens is 482 g/mol. The van der Waals surface area contributed by atoms with Crippen molar-refractivity contribution in [3.05, 3.63) is 58.3 Å². The number of carbonyl (C=O) groups excluding carboxylic acids is 2. The zero-order valence-electron chi connectivity index (χ0n) is 20.4. The number of methoxy groups -OCH3 is 1. The van der Waals surface area contributed by atoms with Crippen molar-refractivity contribution in [3.8, 4) is 0 Å². The summed E-state index contributed by atoms with van der Waals surface area (Å²) < 4.78 is 8.41. The Balaban J connectivity index is 2.13. The molecule has 1 aromatic heterocycles. The summed E-state index contributed by atoms with van der Waals surface area (Å²) in [6, 6.07) is 12.4. The molecule has 1 aromatic carbocycles. The monoisotopic (exact) mass is 519 g/mol. The Morgan fingerprint density at radius 3 is 2.42 bits per heavy atom.